The molecule has 1 amide bonds. The highest BCUT2D eigenvalue weighted by Crippen LogP contribution is 2.50. The van der Waals surface area contributed by atoms with Gasteiger partial charge in [-0.3, -0.25) is 4.79 Å². The zero-order valence-corrected chi connectivity index (χ0v) is 11.5. The van der Waals surface area contributed by atoms with Crippen molar-refractivity contribution in [2.24, 2.45) is 11.7 Å². The Balaban J connectivity index is 1.75. The summed E-state index contributed by atoms with van der Waals surface area (Å²) < 4.78 is 0. The number of hydrogen-bond donors (Lipinski definition) is 1. The predicted molar refractivity (Wildman–Crippen MR) is 75.7 cm³/mol. The van der Waals surface area contributed by atoms with Crippen LogP contribution >= 0.6 is 0 Å². The van der Waals surface area contributed by atoms with Crippen LogP contribution in [0.4, 0.5) is 0 Å². The van der Waals surface area contributed by atoms with Gasteiger partial charge < -0.3 is 10.6 Å². The van der Waals surface area contributed by atoms with E-state index in [9.17, 15) is 4.79 Å². The molecule has 0 bridgehead atoms. The quantitative estimate of drug-likeness (QED) is 0.900. The molecule has 1 saturated carbocycles. The van der Waals surface area contributed by atoms with E-state index < -0.39 is 0 Å². The van der Waals surface area contributed by atoms with E-state index in [1.165, 1.54) is 5.56 Å². The summed E-state index contributed by atoms with van der Waals surface area (Å²) >= 11 is 0. The summed E-state index contributed by atoms with van der Waals surface area (Å²) in [6, 6.07) is 10.4. The summed E-state index contributed by atoms with van der Waals surface area (Å²) in [4.78, 5) is 14.8. The minimum absolute atomic E-state index is 0.185. The van der Waals surface area contributed by atoms with Gasteiger partial charge in [0.05, 0.1) is 5.41 Å². The van der Waals surface area contributed by atoms with Crippen LogP contribution < -0.4 is 5.73 Å². The van der Waals surface area contributed by atoms with Gasteiger partial charge >= 0.3 is 0 Å². The Kier molecular flexibility index (Phi) is 3.09. The number of carbonyl (C=O) groups excluding carboxylic acids is 1. The summed E-state index contributed by atoms with van der Waals surface area (Å²) in [5.41, 5.74) is 6.93. The van der Waals surface area contributed by atoms with Crippen molar-refractivity contribution < 1.29 is 4.79 Å². The van der Waals surface area contributed by atoms with Crippen molar-refractivity contribution in [1.29, 1.82) is 0 Å². The maximum absolute atomic E-state index is 12.8. The highest BCUT2D eigenvalue weighted by atomic mass is 16.2. The number of likely N-dealkylation sites (tertiary alicyclic amines) is 1. The Labute approximate surface area is 114 Å². The Morgan fingerprint density at radius 2 is 2.05 bits per heavy atom. The molecule has 1 heterocycles. The van der Waals surface area contributed by atoms with Gasteiger partial charge in [-0.25, -0.2) is 0 Å². The van der Waals surface area contributed by atoms with Crippen LogP contribution in [0.3, 0.4) is 0 Å². The average Bonchev–Trinajstić information content (AvgIpc) is 3.09. The Bertz CT molecular complexity index is 465. The molecule has 0 spiro atoms. The molecular weight excluding hydrogens is 236 g/mol. The topological polar surface area (TPSA) is 46.3 Å². The number of amides is 1. The van der Waals surface area contributed by atoms with Crippen LogP contribution in [-0.4, -0.2) is 29.9 Å². The Morgan fingerprint density at radius 3 is 2.58 bits per heavy atom. The van der Waals surface area contributed by atoms with E-state index in [4.69, 9.17) is 5.73 Å². The minimum atomic E-state index is -0.214. The van der Waals surface area contributed by atoms with Gasteiger partial charge in [0.25, 0.3) is 0 Å². The molecule has 1 aromatic carbocycles. The highest BCUT2D eigenvalue weighted by molar-refractivity contribution is 5.91. The lowest BCUT2D eigenvalue weighted by Gasteiger charge is -2.24. The van der Waals surface area contributed by atoms with Crippen LogP contribution in [-0.2, 0) is 10.2 Å². The summed E-state index contributed by atoms with van der Waals surface area (Å²) in [6.07, 6.45) is 3.04. The number of hydrogen-bond acceptors (Lipinski definition) is 2. The van der Waals surface area contributed by atoms with E-state index >= 15 is 0 Å². The first kappa shape index (κ1) is 12.7. The molecular formula is C16H22N2O. The molecule has 3 nitrogen and oxygen atoms in total. The lowest BCUT2D eigenvalue weighted by molar-refractivity contribution is -0.133. The second kappa shape index (κ2) is 4.64. The van der Waals surface area contributed by atoms with Crippen molar-refractivity contribution in [2.75, 3.05) is 13.1 Å². The fourth-order valence-electron chi connectivity index (χ4n) is 3.21. The van der Waals surface area contributed by atoms with E-state index in [1.54, 1.807) is 0 Å². The summed E-state index contributed by atoms with van der Waals surface area (Å²) in [5.74, 6) is 0.789. The van der Waals surface area contributed by atoms with Gasteiger partial charge in [-0.2, -0.15) is 0 Å². The second-order valence-electron chi connectivity index (χ2n) is 6.11. The number of nitrogens with two attached hydrogens (primary N) is 1. The molecule has 2 unspecified atom stereocenters. The van der Waals surface area contributed by atoms with E-state index in [2.05, 4.69) is 12.1 Å². The van der Waals surface area contributed by atoms with Crippen LogP contribution in [0, 0.1) is 5.92 Å². The van der Waals surface area contributed by atoms with Gasteiger partial charge in [-0.05, 0) is 37.7 Å². The van der Waals surface area contributed by atoms with E-state index in [0.717, 1.165) is 32.4 Å². The largest absolute Gasteiger partial charge is 0.342 e. The number of carbonyl (C=O) groups is 1. The van der Waals surface area contributed by atoms with Crippen molar-refractivity contribution in [2.45, 2.75) is 37.6 Å². The zero-order chi connectivity index (χ0) is 13.5. The molecule has 1 aromatic rings. The second-order valence-corrected chi connectivity index (χ2v) is 6.11. The van der Waals surface area contributed by atoms with Crippen molar-refractivity contribution in [3.63, 3.8) is 0 Å². The predicted octanol–water partition coefficient (Wildman–Crippen LogP) is 1.91. The molecule has 2 atom stereocenters. The first-order chi connectivity index (χ1) is 9.13. The van der Waals surface area contributed by atoms with E-state index in [-0.39, 0.29) is 11.5 Å². The summed E-state index contributed by atoms with van der Waals surface area (Å²) in [6.45, 7) is 3.76. The zero-order valence-electron chi connectivity index (χ0n) is 11.5. The van der Waals surface area contributed by atoms with Crippen LogP contribution in [0.1, 0.15) is 31.7 Å². The lowest BCUT2D eigenvalue weighted by atomic mass is 9.94. The maximum atomic E-state index is 12.8. The van der Waals surface area contributed by atoms with Crippen molar-refractivity contribution in [3.05, 3.63) is 35.9 Å². The Morgan fingerprint density at radius 1 is 1.37 bits per heavy atom. The molecule has 2 aliphatic rings. The molecule has 1 aliphatic heterocycles. The van der Waals surface area contributed by atoms with Crippen molar-refractivity contribution in [3.8, 4) is 0 Å². The molecule has 1 aliphatic carbocycles. The van der Waals surface area contributed by atoms with Gasteiger partial charge in [0, 0.05) is 19.1 Å². The van der Waals surface area contributed by atoms with Gasteiger partial charge in [0.1, 0.15) is 0 Å². The van der Waals surface area contributed by atoms with Gasteiger partial charge in [0.2, 0.25) is 5.91 Å². The standard InChI is InChI=1S/C16H22N2O/c1-12(17)13-7-10-18(11-13)15(19)16(8-9-16)14-5-3-2-4-6-14/h2-6,12-13H,7-11,17H2,1H3. The SMILES string of the molecule is CC(N)C1CCN(C(=O)C2(c3ccccc3)CC2)C1. The molecule has 2 fully saturated rings. The number of rotatable bonds is 3. The normalized spacial score (nSPS) is 26.2. The number of nitrogens with zero attached hydrogens (tertiary/aromatic N) is 1. The average molecular weight is 258 g/mol. The van der Waals surface area contributed by atoms with Crippen LogP contribution in [0.2, 0.25) is 0 Å². The van der Waals surface area contributed by atoms with Gasteiger partial charge in [0.15, 0.2) is 0 Å². The fraction of sp³-hybridized carbons (Fsp3) is 0.562. The first-order valence-corrected chi connectivity index (χ1v) is 7.24. The monoisotopic (exact) mass is 258 g/mol. The molecule has 3 heteroatoms. The van der Waals surface area contributed by atoms with Crippen LogP contribution in [0.5, 0.6) is 0 Å². The smallest absolute Gasteiger partial charge is 0.233 e. The molecule has 102 valence electrons. The minimum Gasteiger partial charge on any atom is -0.342 e. The molecule has 19 heavy (non-hydrogen) atoms. The Hall–Kier alpha value is -1.35. The van der Waals surface area contributed by atoms with Gasteiger partial charge in [-0.1, -0.05) is 30.3 Å². The molecule has 3 rings (SSSR count). The van der Waals surface area contributed by atoms with Crippen LogP contribution in [0.25, 0.3) is 0 Å². The van der Waals surface area contributed by atoms with E-state index in [0.29, 0.717) is 11.8 Å². The third-order valence-corrected chi connectivity index (χ3v) is 4.74. The van der Waals surface area contributed by atoms with Crippen molar-refractivity contribution in [1.82, 2.24) is 4.90 Å². The first-order valence-electron chi connectivity index (χ1n) is 7.24. The highest BCUT2D eigenvalue weighted by Gasteiger charge is 2.53. The molecule has 0 radical (unpaired) electrons. The molecule has 2 N–H and O–H groups in total. The lowest BCUT2D eigenvalue weighted by Crippen LogP contribution is -2.39. The van der Waals surface area contributed by atoms with Crippen LogP contribution in [0.15, 0.2) is 30.3 Å². The third-order valence-electron chi connectivity index (χ3n) is 4.74. The van der Waals surface area contributed by atoms with Gasteiger partial charge in [-0.15, -0.1) is 0 Å². The fourth-order valence-corrected chi connectivity index (χ4v) is 3.21. The molecule has 1 saturated heterocycles. The maximum Gasteiger partial charge on any atom is 0.233 e. The summed E-state index contributed by atoms with van der Waals surface area (Å²) in [5, 5.41) is 0. The van der Waals surface area contributed by atoms with Crippen molar-refractivity contribution >= 4 is 5.91 Å². The number of benzene rings is 1. The molecule has 0 aromatic heterocycles. The summed E-state index contributed by atoms with van der Waals surface area (Å²) in [7, 11) is 0. The van der Waals surface area contributed by atoms with E-state index in [1.807, 2.05) is 30.0 Å². The third kappa shape index (κ3) is 2.16.